The fourth-order valence-corrected chi connectivity index (χ4v) is 1.58. The first-order valence-corrected chi connectivity index (χ1v) is 4.44. The molecule has 0 bridgehead atoms. The summed E-state index contributed by atoms with van der Waals surface area (Å²) in [6.45, 7) is 0. The first-order chi connectivity index (χ1) is 6.93. The zero-order valence-electron chi connectivity index (χ0n) is 7.44. The van der Waals surface area contributed by atoms with Crippen LogP contribution in [0.25, 0.3) is 21.7 Å². The summed E-state index contributed by atoms with van der Waals surface area (Å²) in [6, 6.07) is 13.5. The Morgan fingerprint density at radius 3 is 3.00 bits per heavy atom. The molecule has 0 unspecified atom stereocenters. The van der Waals surface area contributed by atoms with Crippen LogP contribution in [-0.2, 0) is 0 Å². The van der Waals surface area contributed by atoms with E-state index in [-0.39, 0.29) is 0 Å². The van der Waals surface area contributed by atoms with Crippen molar-refractivity contribution >= 4 is 21.7 Å². The van der Waals surface area contributed by atoms with Gasteiger partial charge in [0.25, 0.3) is 0 Å². The average molecular weight is 179 g/mol. The predicted octanol–water partition coefficient (Wildman–Crippen LogP) is 2.58. The van der Waals surface area contributed by atoms with Crippen molar-refractivity contribution in [3.63, 3.8) is 0 Å². The molecule has 65 valence electrons. The number of hydrogen-bond donors (Lipinski definition) is 0. The lowest BCUT2D eigenvalue weighted by Gasteiger charge is -1.98. The Labute approximate surface area is 81.2 Å². The van der Waals surface area contributed by atoms with Gasteiger partial charge in [0.15, 0.2) is 0 Å². The van der Waals surface area contributed by atoms with Crippen molar-refractivity contribution < 1.29 is 0 Å². The quantitative estimate of drug-likeness (QED) is 0.496. The molecule has 1 radical (unpaired) electrons. The summed E-state index contributed by atoms with van der Waals surface area (Å²) in [5.41, 5.74) is 0.943. The largest absolute Gasteiger partial charge is 0.244 e. The highest BCUT2D eigenvalue weighted by Gasteiger charge is 1.97. The van der Waals surface area contributed by atoms with E-state index in [4.69, 9.17) is 0 Å². The summed E-state index contributed by atoms with van der Waals surface area (Å²) in [6.07, 6.45) is 3.35. The molecule has 0 aliphatic carbocycles. The number of benzene rings is 2. The Morgan fingerprint density at radius 2 is 2.00 bits per heavy atom. The molecule has 1 heterocycles. The lowest BCUT2D eigenvalue weighted by molar-refractivity contribution is 1.22. The maximum Gasteiger partial charge on any atom is 0.116 e. The van der Waals surface area contributed by atoms with Crippen molar-refractivity contribution in [2.45, 2.75) is 0 Å². The molecule has 0 aliphatic heterocycles. The van der Waals surface area contributed by atoms with Gasteiger partial charge in [0, 0.05) is 17.6 Å². The van der Waals surface area contributed by atoms with Gasteiger partial charge in [0.2, 0.25) is 0 Å². The number of fused-ring (bicyclic) bond motifs is 2. The number of hydrogen-bond acceptors (Lipinski definition) is 2. The molecule has 3 rings (SSSR count). The molecule has 0 spiro atoms. The highest BCUT2D eigenvalue weighted by atomic mass is 14.8. The van der Waals surface area contributed by atoms with E-state index in [2.05, 4.69) is 28.2 Å². The first-order valence-electron chi connectivity index (χ1n) is 4.44. The molecule has 0 saturated carbocycles. The average Bonchev–Trinajstić information content (AvgIpc) is 2.26. The molecule has 0 N–H and O–H groups in total. The van der Waals surface area contributed by atoms with Crippen LogP contribution in [0, 0.1) is 6.07 Å². The molecule has 0 aliphatic rings. The number of rotatable bonds is 0. The molecule has 2 aromatic carbocycles. The lowest BCUT2D eigenvalue weighted by atomic mass is 10.1. The molecular formula is C12H7N2. The van der Waals surface area contributed by atoms with Crippen LogP contribution >= 0.6 is 0 Å². The minimum absolute atomic E-state index is 0.943. The van der Waals surface area contributed by atoms with Gasteiger partial charge in [-0.2, -0.15) is 0 Å². The van der Waals surface area contributed by atoms with Crippen LogP contribution in [0.5, 0.6) is 0 Å². The Kier molecular flexibility index (Phi) is 1.47. The Morgan fingerprint density at radius 1 is 1.07 bits per heavy atom. The second kappa shape index (κ2) is 2.77. The van der Waals surface area contributed by atoms with Crippen molar-refractivity contribution in [3.8, 4) is 0 Å². The SMILES string of the molecule is [c]1c2ccccc2cc2ncncc12. The third kappa shape index (κ3) is 1.04. The van der Waals surface area contributed by atoms with Gasteiger partial charge in [-0.05, 0) is 16.8 Å². The van der Waals surface area contributed by atoms with E-state index in [0.29, 0.717) is 0 Å². The van der Waals surface area contributed by atoms with Gasteiger partial charge >= 0.3 is 0 Å². The summed E-state index contributed by atoms with van der Waals surface area (Å²) >= 11 is 0. The van der Waals surface area contributed by atoms with Gasteiger partial charge < -0.3 is 0 Å². The zero-order valence-corrected chi connectivity index (χ0v) is 7.44. The van der Waals surface area contributed by atoms with E-state index in [1.54, 1.807) is 12.5 Å². The van der Waals surface area contributed by atoms with Gasteiger partial charge in [-0.3, -0.25) is 0 Å². The van der Waals surface area contributed by atoms with Gasteiger partial charge in [-0.15, -0.1) is 0 Å². The first kappa shape index (κ1) is 7.44. The fraction of sp³-hybridized carbons (Fsp3) is 0. The lowest BCUT2D eigenvalue weighted by Crippen LogP contribution is -1.81. The third-order valence-corrected chi connectivity index (χ3v) is 2.27. The molecule has 0 atom stereocenters. The number of nitrogens with zero attached hydrogens (tertiary/aromatic N) is 2. The third-order valence-electron chi connectivity index (χ3n) is 2.27. The van der Waals surface area contributed by atoms with Crippen LogP contribution in [-0.4, -0.2) is 9.97 Å². The Balaban J connectivity index is 2.52. The molecule has 2 nitrogen and oxygen atoms in total. The van der Waals surface area contributed by atoms with Crippen LogP contribution in [0.1, 0.15) is 0 Å². The van der Waals surface area contributed by atoms with E-state index in [9.17, 15) is 0 Å². The molecule has 0 saturated heterocycles. The highest BCUT2D eigenvalue weighted by molar-refractivity contribution is 5.95. The summed E-state index contributed by atoms with van der Waals surface area (Å²) < 4.78 is 0. The van der Waals surface area contributed by atoms with Crippen molar-refractivity contribution in [3.05, 3.63) is 48.9 Å². The van der Waals surface area contributed by atoms with Gasteiger partial charge in [-0.1, -0.05) is 24.3 Å². The molecule has 1 aromatic heterocycles. The maximum atomic E-state index is 4.19. The van der Waals surface area contributed by atoms with E-state index in [0.717, 1.165) is 16.3 Å². The molecule has 14 heavy (non-hydrogen) atoms. The van der Waals surface area contributed by atoms with E-state index in [1.807, 2.05) is 18.2 Å². The van der Waals surface area contributed by atoms with Crippen LogP contribution in [0.2, 0.25) is 0 Å². The fourth-order valence-electron chi connectivity index (χ4n) is 1.58. The predicted molar refractivity (Wildman–Crippen MR) is 55.9 cm³/mol. The van der Waals surface area contributed by atoms with Crippen LogP contribution in [0.15, 0.2) is 42.9 Å². The molecule has 0 amide bonds. The Bertz CT molecular complexity index is 497. The van der Waals surface area contributed by atoms with Gasteiger partial charge in [0.05, 0.1) is 5.52 Å². The minimum Gasteiger partial charge on any atom is -0.244 e. The summed E-state index contributed by atoms with van der Waals surface area (Å²) in [5.74, 6) is 0. The van der Waals surface area contributed by atoms with Gasteiger partial charge in [-0.25, -0.2) is 9.97 Å². The molecule has 3 aromatic rings. The van der Waals surface area contributed by atoms with Gasteiger partial charge in [0.1, 0.15) is 6.33 Å². The van der Waals surface area contributed by atoms with E-state index < -0.39 is 0 Å². The van der Waals surface area contributed by atoms with Crippen molar-refractivity contribution in [1.29, 1.82) is 0 Å². The monoisotopic (exact) mass is 179 g/mol. The van der Waals surface area contributed by atoms with Crippen molar-refractivity contribution in [2.75, 3.05) is 0 Å². The summed E-state index contributed by atoms with van der Waals surface area (Å²) in [4.78, 5) is 8.17. The number of aromatic nitrogens is 2. The molecular weight excluding hydrogens is 172 g/mol. The second-order valence-corrected chi connectivity index (χ2v) is 3.18. The minimum atomic E-state index is 0.943. The standard InChI is InChI=1S/C12H7N2/c1-2-4-10-6-12-11(5-9(10)3-1)7-13-8-14-12/h1-4,6-8H. The van der Waals surface area contributed by atoms with Crippen LogP contribution in [0.3, 0.4) is 0 Å². The Hall–Kier alpha value is -1.96. The van der Waals surface area contributed by atoms with E-state index >= 15 is 0 Å². The van der Waals surface area contributed by atoms with Crippen LogP contribution < -0.4 is 0 Å². The zero-order chi connectivity index (χ0) is 9.38. The topological polar surface area (TPSA) is 25.8 Å². The smallest absolute Gasteiger partial charge is 0.116 e. The second-order valence-electron chi connectivity index (χ2n) is 3.18. The van der Waals surface area contributed by atoms with Crippen LogP contribution in [0.4, 0.5) is 0 Å². The normalized spacial score (nSPS) is 10.9. The summed E-state index contributed by atoms with van der Waals surface area (Å²) in [5, 5.41) is 3.24. The van der Waals surface area contributed by atoms with Crippen molar-refractivity contribution in [2.24, 2.45) is 0 Å². The molecule has 2 heteroatoms. The highest BCUT2D eigenvalue weighted by Crippen LogP contribution is 2.19. The molecule has 0 fully saturated rings. The van der Waals surface area contributed by atoms with E-state index in [1.165, 1.54) is 5.39 Å². The summed E-state index contributed by atoms with van der Waals surface area (Å²) in [7, 11) is 0. The van der Waals surface area contributed by atoms with Crippen molar-refractivity contribution in [1.82, 2.24) is 9.97 Å². The maximum absolute atomic E-state index is 4.19.